The number of hydrogen-bond donors (Lipinski definition) is 1. The zero-order chi connectivity index (χ0) is 35.3. The van der Waals surface area contributed by atoms with Crippen LogP contribution in [0.4, 0.5) is 26.3 Å². The molecule has 1 aromatic rings. The van der Waals surface area contributed by atoms with Crippen LogP contribution in [0.15, 0.2) is 66.6 Å². The van der Waals surface area contributed by atoms with Gasteiger partial charge in [-0.3, -0.25) is 4.79 Å². The molecule has 1 saturated carbocycles. The van der Waals surface area contributed by atoms with Crippen molar-refractivity contribution in [1.82, 2.24) is 10.2 Å². The predicted molar refractivity (Wildman–Crippen MR) is 179 cm³/mol. The first-order valence-electron chi connectivity index (χ1n) is 16.5. The normalized spacial score (nSPS) is 22.2. The average Bonchev–Trinajstić information content (AvgIpc) is 3.32. The van der Waals surface area contributed by atoms with Crippen molar-refractivity contribution in [2.45, 2.75) is 112 Å². The molecule has 3 atom stereocenters. The number of alkyl halides is 4. The predicted octanol–water partition coefficient (Wildman–Crippen LogP) is 11.1. The Hall–Kier alpha value is -2.81. The standard InChI is InChI=1S/C30H39F5N2O.C3H5F.2C2H6/c1-3-5-12-29(28(38)36-21-22-17-25(30(33,34)35)19-26(32)18-22)13-10-27(20-29)37-15-7-9-24(11-16-37)23(4-2)8-6-14-31;1-3(2)4;2*1-2/h3-6,8,17-19,24,27H,7,9-16,20-21H2,1-2H3,(H,36,38);1H2,2H3;2*1-2H3/b5-3-,8-6-,23-4+;;;. The maximum absolute atomic E-state index is 13.8. The van der Waals surface area contributed by atoms with E-state index >= 15 is 0 Å². The third-order valence-electron chi connectivity index (χ3n) is 8.03. The van der Waals surface area contributed by atoms with Crippen molar-refractivity contribution in [3.05, 3.63) is 83.5 Å². The second-order valence-corrected chi connectivity index (χ2v) is 11.2. The Balaban J connectivity index is 0.00000230. The van der Waals surface area contributed by atoms with Crippen LogP contribution < -0.4 is 5.32 Å². The molecular weight excluding hydrogens is 602 g/mol. The number of halogens is 6. The summed E-state index contributed by atoms with van der Waals surface area (Å²) in [4.78, 5) is 15.9. The van der Waals surface area contributed by atoms with Crippen molar-refractivity contribution in [3.8, 4) is 0 Å². The van der Waals surface area contributed by atoms with Gasteiger partial charge in [0.2, 0.25) is 5.91 Å². The number of nitrogens with zero attached hydrogens (tertiary/aromatic N) is 1. The molecule has 0 aromatic heterocycles. The summed E-state index contributed by atoms with van der Waals surface area (Å²) in [6.07, 6.45) is 10.5. The summed E-state index contributed by atoms with van der Waals surface area (Å²) in [5.74, 6) is -1.12. The van der Waals surface area contributed by atoms with Crippen molar-refractivity contribution in [2.75, 3.05) is 19.8 Å². The lowest BCUT2D eigenvalue weighted by Crippen LogP contribution is -2.41. The summed E-state index contributed by atoms with van der Waals surface area (Å²) in [6, 6.07) is 2.62. The van der Waals surface area contributed by atoms with Crippen LogP contribution in [-0.2, 0) is 17.5 Å². The molecule has 3 rings (SSSR count). The number of rotatable bonds is 9. The van der Waals surface area contributed by atoms with Gasteiger partial charge in [0, 0.05) is 12.6 Å². The van der Waals surface area contributed by atoms with Crippen LogP contribution in [0.25, 0.3) is 0 Å². The van der Waals surface area contributed by atoms with E-state index in [4.69, 9.17) is 0 Å². The SMILES string of the molecule is C/C=C\CC1(C(=O)NCc2cc(F)cc(C(F)(F)F)c2)CCC(N2CCCC(C(/C=C\CF)=C/C)CC2)C1.C=C(C)F.CC.CC. The highest BCUT2D eigenvalue weighted by atomic mass is 19.4. The van der Waals surface area contributed by atoms with Crippen LogP contribution in [0.1, 0.15) is 105 Å². The quantitative estimate of drug-likeness (QED) is 0.163. The molecule has 3 unspecified atom stereocenters. The molecule has 1 aliphatic carbocycles. The van der Waals surface area contributed by atoms with Crippen LogP contribution in [-0.4, -0.2) is 36.6 Å². The second-order valence-electron chi connectivity index (χ2n) is 11.2. The topological polar surface area (TPSA) is 32.3 Å². The van der Waals surface area contributed by atoms with Gasteiger partial charge in [-0.1, -0.05) is 64.7 Å². The lowest BCUT2D eigenvalue weighted by molar-refractivity contribution is -0.137. The van der Waals surface area contributed by atoms with E-state index in [9.17, 15) is 31.1 Å². The van der Waals surface area contributed by atoms with Crippen LogP contribution in [0.5, 0.6) is 0 Å². The van der Waals surface area contributed by atoms with Crippen molar-refractivity contribution >= 4 is 5.91 Å². The molecule has 2 aliphatic rings. The lowest BCUT2D eigenvalue weighted by atomic mass is 9.81. The molecule has 3 nitrogen and oxygen atoms in total. The van der Waals surface area contributed by atoms with E-state index in [1.54, 1.807) is 6.08 Å². The van der Waals surface area contributed by atoms with E-state index in [0.717, 1.165) is 50.9 Å². The Bertz CT molecular complexity index is 1120. The molecule has 1 N–H and O–H groups in total. The fraction of sp³-hybridized carbons (Fsp3) is 0.595. The highest BCUT2D eigenvalue weighted by Crippen LogP contribution is 2.45. The van der Waals surface area contributed by atoms with E-state index in [2.05, 4.69) is 22.9 Å². The summed E-state index contributed by atoms with van der Waals surface area (Å²) in [5.41, 5.74) is -0.459. The van der Waals surface area contributed by atoms with Gasteiger partial charge in [0.05, 0.1) is 16.8 Å². The van der Waals surface area contributed by atoms with Gasteiger partial charge in [0.25, 0.3) is 0 Å². The summed E-state index contributed by atoms with van der Waals surface area (Å²) >= 11 is 0. The monoisotopic (exact) mass is 658 g/mol. The van der Waals surface area contributed by atoms with Crippen molar-refractivity contribution in [1.29, 1.82) is 0 Å². The first-order valence-corrected chi connectivity index (χ1v) is 16.5. The van der Waals surface area contributed by atoms with Gasteiger partial charge in [-0.25, -0.2) is 13.2 Å². The fourth-order valence-electron chi connectivity index (χ4n) is 5.99. The van der Waals surface area contributed by atoms with Gasteiger partial charge in [-0.2, -0.15) is 13.2 Å². The minimum atomic E-state index is -4.66. The van der Waals surface area contributed by atoms with Gasteiger partial charge in [-0.05, 0) is 114 Å². The molecule has 46 heavy (non-hydrogen) atoms. The summed E-state index contributed by atoms with van der Waals surface area (Å²) in [6.45, 7) is 17.3. The number of amides is 1. The molecule has 1 amide bonds. The van der Waals surface area contributed by atoms with Crippen molar-refractivity contribution in [3.63, 3.8) is 0 Å². The van der Waals surface area contributed by atoms with Crippen LogP contribution >= 0.6 is 0 Å². The number of carbonyl (C=O) groups excluding carboxylic acids is 1. The third-order valence-corrected chi connectivity index (χ3v) is 8.03. The molecule has 262 valence electrons. The van der Waals surface area contributed by atoms with E-state index in [-0.39, 0.29) is 29.9 Å². The van der Waals surface area contributed by atoms with Gasteiger partial charge < -0.3 is 10.2 Å². The zero-order valence-corrected chi connectivity index (χ0v) is 28.9. The molecule has 1 aromatic carbocycles. The molecule has 1 saturated heterocycles. The molecule has 0 spiro atoms. The molecule has 1 heterocycles. The molecular formula is C37H56F6N2O. The number of likely N-dealkylation sites (tertiary alicyclic amines) is 1. The molecule has 9 heteroatoms. The number of nitrogens with one attached hydrogen (secondary N) is 1. The number of benzene rings is 1. The summed E-state index contributed by atoms with van der Waals surface area (Å²) in [7, 11) is 0. The zero-order valence-electron chi connectivity index (χ0n) is 28.9. The Morgan fingerprint density at radius 3 is 2.28 bits per heavy atom. The van der Waals surface area contributed by atoms with E-state index in [0.29, 0.717) is 31.2 Å². The summed E-state index contributed by atoms with van der Waals surface area (Å²) in [5, 5.41) is 2.81. The van der Waals surface area contributed by atoms with Gasteiger partial charge in [0.15, 0.2) is 0 Å². The minimum absolute atomic E-state index is 0.0848. The fourth-order valence-corrected chi connectivity index (χ4v) is 5.99. The second kappa shape index (κ2) is 22.7. The average molecular weight is 659 g/mol. The molecule has 1 aliphatic heterocycles. The van der Waals surface area contributed by atoms with Gasteiger partial charge in [0.1, 0.15) is 12.5 Å². The van der Waals surface area contributed by atoms with E-state index < -0.39 is 29.6 Å². The molecule has 2 fully saturated rings. The molecule has 0 bridgehead atoms. The minimum Gasteiger partial charge on any atom is -0.352 e. The van der Waals surface area contributed by atoms with Gasteiger partial charge >= 0.3 is 6.18 Å². The first-order chi connectivity index (χ1) is 21.8. The highest BCUT2D eigenvalue weighted by Gasteiger charge is 2.46. The Kier molecular flexibility index (Phi) is 21.3. The van der Waals surface area contributed by atoms with Gasteiger partial charge in [-0.15, -0.1) is 0 Å². The number of hydrogen-bond acceptors (Lipinski definition) is 2. The van der Waals surface area contributed by atoms with E-state index in [1.165, 1.54) is 12.5 Å². The van der Waals surface area contributed by atoms with E-state index in [1.807, 2.05) is 59.8 Å². The van der Waals surface area contributed by atoms with Crippen molar-refractivity contribution in [2.24, 2.45) is 11.3 Å². The summed E-state index contributed by atoms with van der Waals surface area (Å²) < 4.78 is 76.6. The molecule has 0 radical (unpaired) electrons. The largest absolute Gasteiger partial charge is 0.416 e. The highest BCUT2D eigenvalue weighted by molar-refractivity contribution is 5.83. The number of carbonyl (C=O) groups is 1. The van der Waals surface area contributed by atoms with Crippen LogP contribution in [0.3, 0.4) is 0 Å². The first kappa shape index (κ1) is 43.2. The van der Waals surface area contributed by atoms with Crippen LogP contribution in [0.2, 0.25) is 0 Å². The lowest BCUT2D eigenvalue weighted by Gasteiger charge is -2.31. The number of allylic oxidation sites excluding steroid dienone is 7. The Labute approximate surface area is 273 Å². The van der Waals surface area contributed by atoms with Crippen LogP contribution in [0, 0.1) is 17.2 Å². The van der Waals surface area contributed by atoms with Crippen molar-refractivity contribution < 1.29 is 31.1 Å². The third kappa shape index (κ3) is 14.7. The Morgan fingerprint density at radius 2 is 1.72 bits per heavy atom. The maximum Gasteiger partial charge on any atom is 0.416 e. The maximum atomic E-state index is 13.8. The smallest absolute Gasteiger partial charge is 0.352 e. The Morgan fingerprint density at radius 1 is 1.07 bits per heavy atom.